The Morgan fingerprint density at radius 1 is 0.800 bits per heavy atom. The van der Waals surface area contributed by atoms with Crippen LogP contribution < -0.4 is 5.32 Å². The molecule has 2 atom stereocenters. The van der Waals surface area contributed by atoms with Crippen molar-refractivity contribution in [2.75, 3.05) is 11.5 Å². The third-order valence-corrected chi connectivity index (χ3v) is 6.56. The van der Waals surface area contributed by atoms with E-state index in [4.69, 9.17) is 4.74 Å². The first kappa shape index (κ1) is 22.3. The van der Waals surface area contributed by atoms with Gasteiger partial charge in [-0.1, -0.05) is 66.7 Å². The second-order valence-corrected chi connectivity index (χ2v) is 8.81. The molecule has 1 amide bonds. The van der Waals surface area contributed by atoms with Gasteiger partial charge >= 0.3 is 6.09 Å². The van der Waals surface area contributed by atoms with Crippen molar-refractivity contribution in [3.8, 4) is 0 Å². The minimum Gasteiger partial charge on any atom is -0.445 e. The summed E-state index contributed by atoms with van der Waals surface area (Å²) in [7, 11) is 0. The summed E-state index contributed by atoms with van der Waals surface area (Å²) in [6.07, 6.45) is -1.24. The topological polar surface area (TPSA) is 58.6 Å². The van der Waals surface area contributed by atoms with Crippen LogP contribution in [0, 0.1) is 0 Å². The fourth-order valence-electron chi connectivity index (χ4n) is 2.68. The van der Waals surface area contributed by atoms with Crippen LogP contribution in [0.4, 0.5) is 4.79 Å². The fourth-order valence-corrected chi connectivity index (χ4v) is 4.65. The van der Waals surface area contributed by atoms with Crippen molar-refractivity contribution in [2.45, 2.75) is 28.5 Å². The molecule has 3 aromatic rings. The Morgan fingerprint density at radius 2 is 1.30 bits per heavy atom. The maximum atomic E-state index is 12.4. The molecule has 2 N–H and O–H groups in total. The van der Waals surface area contributed by atoms with E-state index in [1.807, 2.05) is 91.0 Å². The van der Waals surface area contributed by atoms with E-state index in [-0.39, 0.29) is 6.61 Å². The van der Waals surface area contributed by atoms with Crippen LogP contribution in [0.15, 0.2) is 101 Å². The van der Waals surface area contributed by atoms with Crippen LogP contribution in [-0.4, -0.2) is 34.9 Å². The highest BCUT2D eigenvalue weighted by Gasteiger charge is 2.22. The lowest BCUT2D eigenvalue weighted by molar-refractivity contribution is 0.116. The minimum absolute atomic E-state index is 0.195. The molecule has 6 heteroatoms. The molecule has 0 saturated heterocycles. The molecule has 30 heavy (non-hydrogen) atoms. The van der Waals surface area contributed by atoms with Gasteiger partial charge in [-0.05, 0) is 29.8 Å². The van der Waals surface area contributed by atoms with Crippen LogP contribution >= 0.6 is 23.5 Å². The molecule has 0 bridgehead atoms. The van der Waals surface area contributed by atoms with E-state index in [1.165, 1.54) is 0 Å². The number of benzene rings is 3. The van der Waals surface area contributed by atoms with Gasteiger partial charge in [0.15, 0.2) is 0 Å². The van der Waals surface area contributed by atoms with E-state index in [1.54, 1.807) is 23.5 Å². The summed E-state index contributed by atoms with van der Waals surface area (Å²) in [6, 6.07) is 28.9. The average molecular weight is 440 g/mol. The minimum atomic E-state index is -0.712. The van der Waals surface area contributed by atoms with Crippen LogP contribution in [0.5, 0.6) is 0 Å². The second-order valence-electron chi connectivity index (χ2n) is 6.63. The number of carbonyl (C=O) groups excluding carboxylic acids is 1. The van der Waals surface area contributed by atoms with Gasteiger partial charge in [0, 0.05) is 21.3 Å². The lowest BCUT2D eigenvalue weighted by Gasteiger charge is -2.23. The molecule has 0 unspecified atom stereocenters. The van der Waals surface area contributed by atoms with E-state index in [2.05, 4.69) is 5.32 Å². The number of nitrogens with one attached hydrogen (secondary N) is 1. The van der Waals surface area contributed by atoms with Gasteiger partial charge in [0.25, 0.3) is 0 Å². The predicted molar refractivity (Wildman–Crippen MR) is 124 cm³/mol. The summed E-state index contributed by atoms with van der Waals surface area (Å²) in [4.78, 5) is 14.5. The number of rotatable bonds is 10. The molecule has 0 heterocycles. The summed E-state index contributed by atoms with van der Waals surface area (Å²) < 4.78 is 5.35. The Bertz CT molecular complexity index is 879. The molecule has 0 fully saturated rings. The Morgan fingerprint density at radius 3 is 1.87 bits per heavy atom. The summed E-state index contributed by atoms with van der Waals surface area (Å²) in [6.45, 7) is 0.195. The number of ether oxygens (including phenoxy) is 1. The van der Waals surface area contributed by atoms with E-state index in [0.717, 1.165) is 15.4 Å². The normalized spacial score (nSPS) is 12.7. The Kier molecular flexibility index (Phi) is 9.15. The fraction of sp³-hybridized carbons (Fsp3) is 0.208. The van der Waals surface area contributed by atoms with Crippen molar-refractivity contribution < 1.29 is 14.6 Å². The van der Waals surface area contributed by atoms with Crippen molar-refractivity contribution in [3.63, 3.8) is 0 Å². The molecule has 156 valence electrons. The molecule has 0 spiro atoms. The highest BCUT2D eigenvalue weighted by atomic mass is 32.2. The number of carbonyl (C=O) groups is 1. The lowest BCUT2D eigenvalue weighted by atomic mass is 10.2. The van der Waals surface area contributed by atoms with Crippen LogP contribution in [0.1, 0.15) is 5.56 Å². The number of hydrogen-bond donors (Lipinski definition) is 2. The largest absolute Gasteiger partial charge is 0.445 e. The lowest BCUT2D eigenvalue weighted by Crippen LogP contribution is -2.46. The van der Waals surface area contributed by atoms with Crippen molar-refractivity contribution >= 4 is 29.6 Å². The zero-order chi connectivity index (χ0) is 21.0. The van der Waals surface area contributed by atoms with Crippen molar-refractivity contribution in [2.24, 2.45) is 0 Å². The average Bonchev–Trinajstić information content (AvgIpc) is 2.81. The Balaban J connectivity index is 1.56. The summed E-state index contributed by atoms with van der Waals surface area (Å²) in [5.74, 6) is 1.02. The number of thioether (sulfide) groups is 2. The maximum Gasteiger partial charge on any atom is 0.407 e. The third kappa shape index (κ3) is 7.78. The molecule has 3 rings (SSSR count). The zero-order valence-corrected chi connectivity index (χ0v) is 18.1. The van der Waals surface area contributed by atoms with E-state index in [0.29, 0.717) is 11.5 Å². The molecule has 0 saturated carbocycles. The van der Waals surface area contributed by atoms with E-state index < -0.39 is 18.2 Å². The van der Waals surface area contributed by atoms with E-state index in [9.17, 15) is 9.90 Å². The molecule has 0 aromatic heterocycles. The van der Waals surface area contributed by atoms with Gasteiger partial charge in [-0.15, -0.1) is 23.5 Å². The van der Waals surface area contributed by atoms with Gasteiger partial charge in [-0.3, -0.25) is 0 Å². The number of aliphatic hydroxyl groups is 1. The highest BCUT2D eigenvalue weighted by molar-refractivity contribution is 7.99. The van der Waals surface area contributed by atoms with Gasteiger partial charge < -0.3 is 15.2 Å². The number of alkyl carbamates (subject to hydrolysis) is 1. The van der Waals surface area contributed by atoms with Crippen molar-refractivity contribution in [1.82, 2.24) is 5.32 Å². The monoisotopic (exact) mass is 439 g/mol. The summed E-state index contributed by atoms with van der Waals surface area (Å²) >= 11 is 3.16. The van der Waals surface area contributed by atoms with Gasteiger partial charge in [0.05, 0.1) is 12.1 Å². The quantitative estimate of drug-likeness (QED) is 0.424. The number of aliphatic hydroxyl groups excluding tert-OH is 1. The second kappa shape index (κ2) is 12.3. The molecule has 3 aromatic carbocycles. The maximum absolute atomic E-state index is 12.4. The van der Waals surface area contributed by atoms with Crippen LogP contribution in [0.2, 0.25) is 0 Å². The molecule has 0 radical (unpaired) electrons. The van der Waals surface area contributed by atoms with Crippen molar-refractivity contribution in [3.05, 3.63) is 96.6 Å². The zero-order valence-electron chi connectivity index (χ0n) is 16.5. The summed E-state index contributed by atoms with van der Waals surface area (Å²) in [5.41, 5.74) is 0.919. The molecule has 0 aliphatic rings. The number of amides is 1. The van der Waals surface area contributed by atoms with Gasteiger partial charge in [-0.2, -0.15) is 0 Å². The van der Waals surface area contributed by atoms with Crippen LogP contribution in [0.3, 0.4) is 0 Å². The highest BCUT2D eigenvalue weighted by Crippen LogP contribution is 2.22. The molecule has 0 aliphatic heterocycles. The first-order valence-corrected chi connectivity index (χ1v) is 11.7. The van der Waals surface area contributed by atoms with Crippen molar-refractivity contribution in [1.29, 1.82) is 0 Å². The third-order valence-electron chi connectivity index (χ3n) is 4.32. The first-order chi connectivity index (χ1) is 14.7. The van der Waals surface area contributed by atoms with E-state index >= 15 is 0 Å². The number of hydrogen-bond acceptors (Lipinski definition) is 5. The van der Waals surface area contributed by atoms with Crippen LogP contribution in [-0.2, 0) is 11.3 Å². The predicted octanol–water partition coefficient (Wildman–Crippen LogP) is 5.23. The van der Waals surface area contributed by atoms with Gasteiger partial charge in [-0.25, -0.2) is 4.79 Å². The Labute approximate surface area is 186 Å². The molecular weight excluding hydrogens is 414 g/mol. The first-order valence-electron chi connectivity index (χ1n) is 9.71. The molecular formula is C24H25NO3S2. The summed E-state index contributed by atoms with van der Waals surface area (Å²) in [5, 5.41) is 13.6. The Hall–Kier alpha value is -2.41. The SMILES string of the molecule is O=C(N[C@@H](CSc1ccccc1)[C@@H](O)CSc1ccccc1)OCc1ccccc1. The standard InChI is InChI=1S/C24H25NO3S2/c26-23(18-30-21-14-8-3-9-15-21)22(17-29-20-12-6-2-7-13-20)25-24(27)28-16-19-10-4-1-5-11-19/h1-15,22-23,26H,16-18H2,(H,25,27)/t22-,23-/m0/s1. The smallest absolute Gasteiger partial charge is 0.407 e. The molecule has 4 nitrogen and oxygen atoms in total. The van der Waals surface area contributed by atoms with Crippen LogP contribution in [0.25, 0.3) is 0 Å². The van der Waals surface area contributed by atoms with Gasteiger partial charge in [0.1, 0.15) is 6.61 Å². The van der Waals surface area contributed by atoms with Gasteiger partial charge in [0.2, 0.25) is 0 Å². The molecule has 0 aliphatic carbocycles.